The Morgan fingerprint density at radius 2 is 0.904 bits per heavy atom. The van der Waals surface area contributed by atoms with Crippen molar-refractivity contribution >= 4 is 38.7 Å². The van der Waals surface area contributed by atoms with Gasteiger partial charge in [0, 0.05) is 17.0 Å². The fourth-order valence-electron chi connectivity index (χ4n) is 9.11. The van der Waals surface area contributed by atoms with Gasteiger partial charge in [-0.2, -0.15) is 0 Å². The van der Waals surface area contributed by atoms with E-state index in [0.29, 0.717) is 0 Å². The van der Waals surface area contributed by atoms with Gasteiger partial charge in [-0.1, -0.05) is 152 Å². The van der Waals surface area contributed by atoms with Crippen LogP contribution in [0.3, 0.4) is 0 Å². The fourth-order valence-corrected chi connectivity index (χ4v) is 9.11. The smallest absolute Gasteiger partial charge is 0.0801 e. The van der Waals surface area contributed by atoms with E-state index in [1.54, 1.807) is 0 Å². The lowest BCUT2D eigenvalue weighted by atomic mass is 9.64. The number of benzene rings is 8. The molecule has 9 aromatic rings. The molecule has 0 amide bonds. The molecule has 1 aliphatic heterocycles. The van der Waals surface area contributed by atoms with Crippen LogP contribution in [0.1, 0.15) is 22.3 Å². The van der Waals surface area contributed by atoms with Gasteiger partial charge < -0.3 is 4.90 Å². The van der Waals surface area contributed by atoms with E-state index < -0.39 is 5.41 Å². The molecule has 0 N–H and O–H groups in total. The van der Waals surface area contributed by atoms with Crippen molar-refractivity contribution in [3.63, 3.8) is 0 Å². The zero-order valence-corrected chi connectivity index (χ0v) is 28.4. The van der Waals surface area contributed by atoms with Crippen molar-refractivity contribution in [3.8, 4) is 33.4 Å². The summed E-state index contributed by atoms with van der Waals surface area (Å²) in [7, 11) is 0. The molecule has 242 valence electrons. The fraction of sp³-hybridized carbons (Fsp3) is 0.0200. The van der Waals surface area contributed by atoms with Crippen LogP contribution in [0.15, 0.2) is 194 Å². The first kappa shape index (κ1) is 29.0. The maximum Gasteiger partial charge on any atom is 0.0801 e. The second-order valence-corrected chi connectivity index (χ2v) is 13.9. The Morgan fingerprint density at radius 3 is 1.52 bits per heavy atom. The third-order valence-electron chi connectivity index (χ3n) is 11.3. The second kappa shape index (κ2) is 11.1. The predicted molar refractivity (Wildman–Crippen MR) is 216 cm³/mol. The highest BCUT2D eigenvalue weighted by atomic mass is 15.2. The van der Waals surface area contributed by atoms with Gasteiger partial charge in [-0.15, -0.1) is 0 Å². The first-order valence-corrected chi connectivity index (χ1v) is 18.0. The molecule has 2 heteroatoms. The highest BCUT2D eigenvalue weighted by Crippen LogP contribution is 2.64. The van der Waals surface area contributed by atoms with E-state index in [0.717, 1.165) is 22.0 Å². The molecule has 0 saturated heterocycles. The van der Waals surface area contributed by atoms with Gasteiger partial charge in [0.15, 0.2) is 0 Å². The summed E-state index contributed by atoms with van der Waals surface area (Å²) < 4.78 is 0. The molecule has 0 radical (unpaired) electrons. The summed E-state index contributed by atoms with van der Waals surface area (Å²) in [5, 5.41) is 3.46. The average Bonchev–Trinajstić information content (AvgIpc) is 3.52. The van der Waals surface area contributed by atoms with Gasteiger partial charge >= 0.3 is 0 Å². The summed E-state index contributed by atoms with van der Waals surface area (Å²) in [6.45, 7) is 0. The molecular formula is C50H32N2. The van der Waals surface area contributed by atoms with Gasteiger partial charge in [-0.25, -0.2) is 0 Å². The Kier molecular flexibility index (Phi) is 6.20. The molecule has 2 heterocycles. The lowest BCUT2D eigenvalue weighted by Gasteiger charge is -2.45. The number of hydrogen-bond donors (Lipinski definition) is 0. The van der Waals surface area contributed by atoms with Crippen LogP contribution in [0.4, 0.5) is 17.1 Å². The Bertz CT molecular complexity index is 2720. The Hall–Kier alpha value is -6.77. The quantitative estimate of drug-likeness (QED) is 0.175. The minimum absolute atomic E-state index is 0.561. The number of fused-ring (bicyclic) bond motifs is 12. The maximum atomic E-state index is 4.99. The summed E-state index contributed by atoms with van der Waals surface area (Å²) >= 11 is 0. The molecule has 52 heavy (non-hydrogen) atoms. The highest BCUT2D eigenvalue weighted by Gasteiger charge is 2.52. The first-order chi connectivity index (χ1) is 25.8. The van der Waals surface area contributed by atoms with Gasteiger partial charge in [-0.05, 0) is 97.4 Å². The molecule has 2 nitrogen and oxygen atoms in total. The van der Waals surface area contributed by atoms with Crippen LogP contribution in [-0.4, -0.2) is 4.98 Å². The van der Waals surface area contributed by atoms with Gasteiger partial charge in [-0.3, -0.25) is 4.98 Å². The Balaban J connectivity index is 1.32. The van der Waals surface area contributed by atoms with Crippen LogP contribution in [0.2, 0.25) is 0 Å². The number of rotatable bonds is 3. The van der Waals surface area contributed by atoms with Crippen LogP contribution < -0.4 is 4.90 Å². The minimum atomic E-state index is -0.561. The van der Waals surface area contributed by atoms with Crippen LogP contribution in [0, 0.1) is 0 Å². The van der Waals surface area contributed by atoms with Gasteiger partial charge in [0.25, 0.3) is 0 Å². The predicted octanol–water partition coefficient (Wildman–Crippen LogP) is 12.9. The van der Waals surface area contributed by atoms with Crippen LogP contribution in [0.25, 0.3) is 55.1 Å². The zero-order valence-electron chi connectivity index (χ0n) is 28.4. The molecule has 11 rings (SSSR count). The van der Waals surface area contributed by atoms with Crippen LogP contribution >= 0.6 is 0 Å². The van der Waals surface area contributed by atoms with Crippen molar-refractivity contribution in [2.24, 2.45) is 0 Å². The van der Waals surface area contributed by atoms with E-state index in [1.807, 2.05) is 12.3 Å². The monoisotopic (exact) mass is 660 g/mol. The number of hydrogen-bond acceptors (Lipinski definition) is 2. The molecule has 1 aromatic heterocycles. The molecule has 0 atom stereocenters. The molecule has 0 unspecified atom stereocenters. The summed E-state index contributed by atoms with van der Waals surface area (Å²) in [4.78, 5) is 7.50. The standard InChI is InChI=1S/C50H32N2/c1-3-13-33(14-4-1)37-26-28-45-43(31-37)50(41-21-9-7-19-39(41)40-20-8-10-22-42(40)50)44-32-38(34-15-5-2-6-16-34)27-29-46(44)52(45)47-23-11-17-35-24-25-36-18-12-30-51-49(36)48(35)47/h1-32H. The van der Waals surface area contributed by atoms with Crippen molar-refractivity contribution in [1.82, 2.24) is 4.98 Å². The van der Waals surface area contributed by atoms with Crippen LogP contribution in [0.5, 0.6) is 0 Å². The van der Waals surface area contributed by atoms with Crippen molar-refractivity contribution in [2.45, 2.75) is 5.41 Å². The van der Waals surface area contributed by atoms with E-state index >= 15 is 0 Å². The SMILES string of the molecule is c1ccc(-c2ccc3c(c2)C2(c4ccccc4-c4ccccc42)c2cc(-c4ccccc4)ccc2N3c2cccc3ccc4cccnc4c23)cc1. The van der Waals surface area contributed by atoms with E-state index in [4.69, 9.17) is 4.98 Å². The van der Waals surface area contributed by atoms with E-state index in [9.17, 15) is 0 Å². The van der Waals surface area contributed by atoms with Crippen molar-refractivity contribution < 1.29 is 0 Å². The topological polar surface area (TPSA) is 16.1 Å². The highest BCUT2D eigenvalue weighted by molar-refractivity contribution is 6.14. The lowest BCUT2D eigenvalue weighted by molar-refractivity contribution is 0.753. The van der Waals surface area contributed by atoms with Crippen molar-refractivity contribution in [3.05, 3.63) is 217 Å². The molecule has 0 fully saturated rings. The molecule has 8 aromatic carbocycles. The van der Waals surface area contributed by atoms with Gasteiger partial charge in [0.05, 0.1) is 28.0 Å². The maximum absolute atomic E-state index is 4.99. The van der Waals surface area contributed by atoms with E-state index in [-0.39, 0.29) is 0 Å². The number of nitrogens with zero attached hydrogens (tertiary/aromatic N) is 2. The van der Waals surface area contributed by atoms with Crippen molar-refractivity contribution in [1.29, 1.82) is 0 Å². The molecule has 0 saturated carbocycles. The lowest BCUT2D eigenvalue weighted by Crippen LogP contribution is -2.36. The second-order valence-electron chi connectivity index (χ2n) is 13.9. The third-order valence-corrected chi connectivity index (χ3v) is 11.3. The molecule has 2 aliphatic rings. The Morgan fingerprint density at radius 1 is 0.365 bits per heavy atom. The summed E-state index contributed by atoms with van der Waals surface area (Å²) in [5.74, 6) is 0. The molecule has 0 bridgehead atoms. The summed E-state index contributed by atoms with van der Waals surface area (Å²) in [6.07, 6.45) is 1.91. The van der Waals surface area contributed by atoms with E-state index in [1.165, 1.54) is 72.4 Å². The summed E-state index contributed by atoms with van der Waals surface area (Å²) in [6, 6.07) is 69.2. The van der Waals surface area contributed by atoms with Gasteiger partial charge in [0.2, 0.25) is 0 Å². The molecule has 1 aliphatic carbocycles. The average molecular weight is 661 g/mol. The van der Waals surface area contributed by atoms with Crippen LogP contribution in [-0.2, 0) is 5.41 Å². The van der Waals surface area contributed by atoms with Crippen molar-refractivity contribution in [2.75, 3.05) is 4.90 Å². The molecular weight excluding hydrogens is 629 g/mol. The van der Waals surface area contributed by atoms with E-state index in [2.05, 4.69) is 187 Å². The minimum Gasteiger partial charge on any atom is -0.309 e. The van der Waals surface area contributed by atoms with Gasteiger partial charge in [0.1, 0.15) is 0 Å². The number of aromatic nitrogens is 1. The third kappa shape index (κ3) is 3.98. The zero-order chi connectivity index (χ0) is 34.2. The normalized spacial score (nSPS) is 13.5. The molecule has 1 spiro atoms. The number of pyridine rings is 1. The Labute approximate surface area is 302 Å². The summed E-state index contributed by atoms with van der Waals surface area (Å²) in [5.41, 5.74) is 16.5. The largest absolute Gasteiger partial charge is 0.309 e. The first-order valence-electron chi connectivity index (χ1n) is 18.0. The number of anilines is 3.